The highest BCUT2D eigenvalue weighted by Gasteiger charge is 2.13. The van der Waals surface area contributed by atoms with Crippen LogP contribution < -0.4 is 0 Å². The summed E-state index contributed by atoms with van der Waals surface area (Å²) in [5.74, 6) is -2.71. The van der Waals surface area contributed by atoms with Crippen LogP contribution in [0, 0.1) is 11.6 Å². The second-order valence-electron chi connectivity index (χ2n) is 4.90. The van der Waals surface area contributed by atoms with Crippen molar-refractivity contribution >= 4 is 5.97 Å². The van der Waals surface area contributed by atoms with Gasteiger partial charge in [-0.05, 0) is 12.1 Å². The summed E-state index contributed by atoms with van der Waals surface area (Å²) in [4.78, 5) is 12.5. The van der Waals surface area contributed by atoms with Gasteiger partial charge in [0.2, 0.25) is 0 Å². The summed E-state index contributed by atoms with van der Waals surface area (Å²) in [6.07, 6.45) is 3.38. The van der Waals surface area contributed by atoms with Gasteiger partial charge >= 0.3 is 5.97 Å². The van der Waals surface area contributed by atoms with Crippen molar-refractivity contribution in [3.8, 4) is 0 Å². The minimum absolute atomic E-state index is 0.0595. The van der Waals surface area contributed by atoms with Crippen molar-refractivity contribution in [3.63, 3.8) is 0 Å². The molecule has 5 nitrogen and oxygen atoms in total. The standard InChI is InChI=1S/C15H17F2N3O2/c16-13-4-1-3-12(15(13)17)11-19(8-5-14(21)22)9-10-20-7-2-6-18-20/h1-4,6-7H,5,8-11H2,(H,21,22). The van der Waals surface area contributed by atoms with E-state index in [0.29, 0.717) is 13.1 Å². The van der Waals surface area contributed by atoms with E-state index >= 15 is 0 Å². The Balaban J connectivity index is 2.02. The van der Waals surface area contributed by atoms with Crippen molar-refractivity contribution in [2.45, 2.75) is 19.5 Å². The first-order valence-electron chi connectivity index (χ1n) is 6.90. The Morgan fingerprint density at radius 3 is 2.77 bits per heavy atom. The summed E-state index contributed by atoms with van der Waals surface area (Å²) in [7, 11) is 0. The van der Waals surface area contributed by atoms with Crippen LogP contribution in [0.15, 0.2) is 36.7 Å². The van der Waals surface area contributed by atoms with Crippen molar-refractivity contribution in [2.24, 2.45) is 0 Å². The van der Waals surface area contributed by atoms with E-state index in [4.69, 9.17) is 5.11 Å². The number of halogens is 2. The summed E-state index contributed by atoms with van der Waals surface area (Å²) in [6, 6.07) is 5.79. The molecule has 0 unspecified atom stereocenters. The molecule has 0 atom stereocenters. The Hall–Kier alpha value is -2.28. The van der Waals surface area contributed by atoms with Crippen molar-refractivity contribution in [1.29, 1.82) is 0 Å². The third-order valence-corrected chi connectivity index (χ3v) is 3.27. The molecule has 7 heteroatoms. The fourth-order valence-electron chi connectivity index (χ4n) is 2.11. The highest BCUT2D eigenvalue weighted by atomic mass is 19.2. The molecule has 0 aliphatic carbocycles. The lowest BCUT2D eigenvalue weighted by Gasteiger charge is -2.22. The van der Waals surface area contributed by atoms with Gasteiger partial charge < -0.3 is 5.11 Å². The summed E-state index contributed by atoms with van der Waals surface area (Å²) >= 11 is 0. The molecular formula is C15H17F2N3O2. The second-order valence-corrected chi connectivity index (χ2v) is 4.90. The van der Waals surface area contributed by atoms with Gasteiger partial charge in [-0.25, -0.2) is 8.78 Å². The summed E-state index contributed by atoms with van der Waals surface area (Å²) in [6.45, 7) is 1.44. The number of carboxylic acid groups (broad SMARTS) is 1. The Labute approximate surface area is 126 Å². The molecule has 0 spiro atoms. The Bertz CT molecular complexity index is 617. The van der Waals surface area contributed by atoms with Crippen molar-refractivity contribution in [3.05, 3.63) is 53.9 Å². The molecule has 1 aromatic carbocycles. The quantitative estimate of drug-likeness (QED) is 0.811. The smallest absolute Gasteiger partial charge is 0.304 e. The number of hydrogen-bond acceptors (Lipinski definition) is 3. The monoisotopic (exact) mass is 309 g/mol. The minimum Gasteiger partial charge on any atom is -0.481 e. The lowest BCUT2D eigenvalue weighted by atomic mass is 10.2. The van der Waals surface area contributed by atoms with E-state index in [2.05, 4.69) is 5.10 Å². The highest BCUT2D eigenvalue weighted by Crippen LogP contribution is 2.14. The molecule has 0 radical (unpaired) electrons. The first-order valence-corrected chi connectivity index (χ1v) is 6.90. The van der Waals surface area contributed by atoms with Gasteiger partial charge in [-0.3, -0.25) is 14.4 Å². The zero-order valence-corrected chi connectivity index (χ0v) is 12.0. The van der Waals surface area contributed by atoms with Crippen molar-refractivity contribution in [1.82, 2.24) is 14.7 Å². The molecular weight excluding hydrogens is 292 g/mol. The Morgan fingerprint density at radius 1 is 1.27 bits per heavy atom. The van der Waals surface area contributed by atoms with Crippen molar-refractivity contribution < 1.29 is 18.7 Å². The number of benzene rings is 1. The third kappa shape index (κ3) is 4.63. The Morgan fingerprint density at radius 2 is 2.09 bits per heavy atom. The molecule has 0 aliphatic heterocycles. The van der Waals surface area contributed by atoms with Gasteiger partial charge in [0, 0.05) is 37.6 Å². The van der Waals surface area contributed by atoms with E-state index in [9.17, 15) is 13.6 Å². The minimum atomic E-state index is -0.927. The molecule has 118 valence electrons. The topological polar surface area (TPSA) is 58.4 Å². The van der Waals surface area contributed by atoms with Gasteiger partial charge in [0.1, 0.15) is 0 Å². The van der Waals surface area contributed by atoms with E-state index in [1.54, 1.807) is 28.0 Å². The third-order valence-electron chi connectivity index (χ3n) is 3.27. The van der Waals surface area contributed by atoms with Crippen LogP contribution in [0.4, 0.5) is 8.78 Å². The van der Waals surface area contributed by atoms with E-state index in [1.807, 2.05) is 0 Å². The van der Waals surface area contributed by atoms with Crippen molar-refractivity contribution in [2.75, 3.05) is 13.1 Å². The fourth-order valence-corrected chi connectivity index (χ4v) is 2.11. The summed E-state index contributed by atoms with van der Waals surface area (Å²) in [5, 5.41) is 12.9. The fraction of sp³-hybridized carbons (Fsp3) is 0.333. The molecule has 1 heterocycles. The number of carbonyl (C=O) groups is 1. The maximum Gasteiger partial charge on any atom is 0.304 e. The average molecular weight is 309 g/mol. The van der Waals surface area contributed by atoms with Crippen LogP contribution in [0.25, 0.3) is 0 Å². The molecule has 1 aromatic heterocycles. The molecule has 0 amide bonds. The number of rotatable bonds is 8. The molecule has 2 rings (SSSR count). The maximum atomic E-state index is 13.7. The predicted molar refractivity (Wildman–Crippen MR) is 76.1 cm³/mol. The molecule has 0 saturated carbocycles. The van der Waals surface area contributed by atoms with E-state index in [-0.39, 0.29) is 25.1 Å². The number of aromatic nitrogens is 2. The lowest BCUT2D eigenvalue weighted by molar-refractivity contribution is -0.137. The van der Waals surface area contributed by atoms with E-state index < -0.39 is 17.6 Å². The molecule has 0 fully saturated rings. The predicted octanol–water partition coefficient (Wildman–Crippen LogP) is 2.14. The molecule has 22 heavy (non-hydrogen) atoms. The number of aliphatic carboxylic acids is 1. The summed E-state index contributed by atoms with van der Waals surface area (Å²) in [5.41, 5.74) is 0.214. The largest absolute Gasteiger partial charge is 0.481 e. The van der Waals surface area contributed by atoms with E-state index in [1.165, 1.54) is 12.1 Å². The van der Waals surface area contributed by atoms with Crippen LogP contribution in [-0.4, -0.2) is 38.8 Å². The molecule has 2 aromatic rings. The number of hydrogen-bond donors (Lipinski definition) is 1. The Kier molecular flexibility index (Phi) is 5.60. The SMILES string of the molecule is O=C(O)CCN(CCn1cccn1)Cc1cccc(F)c1F. The van der Waals surface area contributed by atoms with Crippen LogP contribution in [0.1, 0.15) is 12.0 Å². The second kappa shape index (κ2) is 7.65. The number of carboxylic acids is 1. The van der Waals surface area contributed by atoms with Crippen LogP contribution >= 0.6 is 0 Å². The first-order chi connectivity index (χ1) is 10.6. The number of nitrogens with zero attached hydrogens (tertiary/aromatic N) is 3. The van der Waals surface area contributed by atoms with Gasteiger partial charge in [-0.15, -0.1) is 0 Å². The summed E-state index contributed by atoms with van der Waals surface area (Å²) < 4.78 is 28.7. The molecule has 1 N–H and O–H groups in total. The van der Waals surface area contributed by atoms with Gasteiger partial charge in [0.15, 0.2) is 11.6 Å². The van der Waals surface area contributed by atoms with Gasteiger partial charge in [-0.2, -0.15) is 5.10 Å². The molecule has 0 aliphatic rings. The van der Waals surface area contributed by atoms with Crippen LogP contribution in [0.5, 0.6) is 0 Å². The van der Waals surface area contributed by atoms with Gasteiger partial charge in [-0.1, -0.05) is 12.1 Å². The van der Waals surface area contributed by atoms with E-state index in [0.717, 1.165) is 6.07 Å². The lowest BCUT2D eigenvalue weighted by Crippen LogP contribution is -2.30. The normalized spacial score (nSPS) is 11.0. The van der Waals surface area contributed by atoms with Crippen LogP contribution in [-0.2, 0) is 17.9 Å². The molecule has 0 bridgehead atoms. The first kappa shape index (κ1) is 16.1. The van der Waals surface area contributed by atoms with Gasteiger partial charge in [0.05, 0.1) is 13.0 Å². The zero-order chi connectivity index (χ0) is 15.9. The average Bonchev–Trinajstić information content (AvgIpc) is 2.99. The molecule has 0 saturated heterocycles. The van der Waals surface area contributed by atoms with Gasteiger partial charge in [0.25, 0.3) is 0 Å². The zero-order valence-electron chi connectivity index (χ0n) is 12.0. The maximum absolute atomic E-state index is 13.7. The highest BCUT2D eigenvalue weighted by molar-refractivity contribution is 5.66. The van der Waals surface area contributed by atoms with Crippen LogP contribution in [0.3, 0.4) is 0 Å². The van der Waals surface area contributed by atoms with Crippen LogP contribution in [0.2, 0.25) is 0 Å².